The molecule has 0 bridgehead atoms. The number of thioether (sulfide) groups is 1. The maximum atomic E-state index is 14.3. The van der Waals surface area contributed by atoms with Gasteiger partial charge >= 0.3 is 0 Å². The third-order valence-electron chi connectivity index (χ3n) is 8.68. The van der Waals surface area contributed by atoms with E-state index >= 15 is 0 Å². The number of likely N-dealkylation sites (tertiary alicyclic amines) is 1. The first-order valence-corrected chi connectivity index (χ1v) is 14.5. The third-order valence-corrected chi connectivity index (χ3v) is 10.5. The number of aliphatic hydroxyl groups excluding tert-OH is 1. The van der Waals surface area contributed by atoms with Crippen LogP contribution in [-0.2, 0) is 19.1 Å². The van der Waals surface area contributed by atoms with E-state index in [-0.39, 0.29) is 24.3 Å². The molecule has 204 valence electrons. The highest BCUT2D eigenvalue weighted by molar-refractivity contribution is 8.02. The van der Waals surface area contributed by atoms with E-state index in [2.05, 4.69) is 11.0 Å². The Morgan fingerprint density at radius 3 is 2.35 bits per heavy atom. The van der Waals surface area contributed by atoms with Crippen LogP contribution in [0.4, 0.5) is 0 Å². The summed E-state index contributed by atoms with van der Waals surface area (Å²) in [5, 5.41) is 10.1. The van der Waals surface area contributed by atoms with Crippen molar-refractivity contribution >= 4 is 29.5 Å². The zero-order valence-electron chi connectivity index (χ0n) is 22.2. The van der Waals surface area contributed by atoms with Gasteiger partial charge in [0.15, 0.2) is 0 Å². The molecule has 5 rings (SSSR count). The van der Waals surface area contributed by atoms with Crippen molar-refractivity contribution in [3.05, 3.63) is 24.3 Å². The molecule has 6 atom stereocenters. The molecule has 1 unspecified atom stereocenters. The Morgan fingerprint density at radius 1 is 1.00 bits per heavy atom. The number of ether oxygens (including phenoxy) is 1. The van der Waals surface area contributed by atoms with Gasteiger partial charge in [-0.25, -0.2) is 0 Å². The predicted molar refractivity (Wildman–Crippen MR) is 142 cm³/mol. The highest BCUT2D eigenvalue weighted by atomic mass is 32.2. The van der Waals surface area contributed by atoms with Crippen molar-refractivity contribution in [2.24, 2.45) is 11.8 Å². The fraction of sp³-hybridized carbons (Fsp3) is 0.741. The summed E-state index contributed by atoms with van der Waals surface area (Å²) < 4.78 is 4.00. The molecular weight excluding hydrogens is 492 g/mol. The number of aliphatic hydroxyl groups is 1. The average Bonchev–Trinajstić information content (AvgIpc) is 3.18. The van der Waals surface area contributed by atoms with Crippen LogP contribution in [0.5, 0.6) is 0 Å². The minimum absolute atomic E-state index is 0.0106. The van der Waals surface area contributed by atoms with Crippen molar-refractivity contribution < 1.29 is 24.2 Å². The average molecular weight is 533 g/mol. The van der Waals surface area contributed by atoms with Gasteiger partial charge in [-0.2, -0.15) is 0 Å². The van der Waals surface area contributed by atoms with Crippen molar-refractivity contribution in [1.82, 2.24) is 19.6 Å². The van der Waals surface area contributed by atoms with E-state index < -0.39 is 33.4 Å². The molecule has 0 aromatic rings. The van der Waals surface area contributed by atoms with Gasteiger partial charge in [-0.15, -0.1) is 11.8 Å². The lowest BCUT2D eigenvalue weighted by Crippen LogP contribution is -2.57. The summed E-state index contributed by atoms with van der Waals surface area (Å²) in [6.07, 6.45) is 9.04. The monoisotopic (exact) mass is 532 g/mol. The van der Waals surface area contributed by atoms with E-state index in [0.29, 0.717) is 39.4 Å². The molecule has 5 aliphatic rings. The predicted octanol–water partition coefficient (Wildman–Crippen LogP) is 0.594. The molecule has 3 amide bonds. The van der Waals surface area contributed by atoms with Crippen LogP contribution in [-0.4, -0.2) is 130 Å². The quantitative estimate of drug-likeness (QED) is 0.480. The second-order valence-corrected chi connectivity index (χ2v) is 12.9. The minimum Gasteiger partial charge on any atom is -0.394 e. The molecule has 0 aromatic carbocycles. The molecule has 0 aliphatic carbocycles. The van der Waals surface area contributed by atoms with Crippen molar-refractivity contribution in [2.45, 2.75) is 48.8 Å². The van der Waals surface area contributed by atoms with Gasteiger partial charge in [0.1, 0.15) is 6.04 Å². The summed E-state index contributed by atoms with van der Waals surface area (Å²) >= 11 is 1.60. The Morgan fingerprint density at radius 2 is 1.68 bits per heavy atom. The second kappa shape index (κ2) is 10.4. The summed E-state index contributed by atoms with van der Waals surface area (Å²) in [7, 11) is 0. The third kappa shape index (κ3) is 4.33. The number of hydrogen-bond donors (Lipinski definition) is 1. The number of fused-ring (bicyclic) bond motifs is 2. The van der Waals surface area contributed by atoms with E-state index in [9.17, 15) is 19.5 Å². The highest BCUT2D eigenvalue weighted by Gasteiger charge is 2.74. The van der Waals surface area contributed by atoms with Crippen LogP contribution in [0.1, 0.15) is 27.2 Å². The van der Waals surface area contributed by atoms with Gasteiger partial charge in [-0.3, -0.25) is 19.3 Å². The minimum atomic E-state index is -0.861. The van der Waals surface area contributed by atoms with Gasteiger partial charge in [0.05, 0.1) is 42.4 Å². The van der Waals surface area contributed by atoms with Crippen molar-refractivity contribution in [3.63, 3.8) is 0 Å². The van der Waals surface area contributed by atoms with Crippen LogP contribution in [0.25, 0.3) is 0 Å². The van der Waals surface area contributed by atoms with Crippen LogP contribution in [0, 0.1) is 11.8 Å². The van der Waals surface area contributed by atoms with E-state index in [1.54, 1.807) is 23.6 Å². The molecule has 10 heteroatoms. The maximum absolute atomic E-state index is 14.3. The summed E-state index contributed by atoms with van der Waals surface area (Å²) in [5.74, 6) is -1.52. The molecule has 5 aliphatic heterocycles. The van der Waals surface area contributed by atoms with Gasteiger partial charge < -0.3 is 24.5 Å². The standard InChI is InChI=1S/C27H40N4O5S/c1-4-9-29-10-5-7-26(3)20(23(29)33)21-24(34)31(19(2)18-32)22-25(35)30(11-6-8-27(21,22)37-26)13-12-28-14-16-36-17-15-28/h5-8,19-22,32H,4,9-18H2,1-3H3/t19-,20+,21+,22?,26-,27+/m1/s1. The largest absolute Gasteiger partial charge is 0.394 e. The van der Waals surface area contributed by atoms with Gasteiger partial charge in [0, 0.05) is 50.6 Å². The number of carbonyl (C=O) groups is 3. The number of nitrogens with zero attached hydrogens (tertiary/aromatic N) is 4. The van der Waals surface area contributed by atoms with E-state index in [4.69, 9.17) is 4.74 Å². The van der Waals surface area contributed by atoms with Gasteiger partial charge in [-0.1, -0.05) is 31.2 Å². The smallest absolute Gasteiger partial charge is 0.247 e. The lowest BCUT2D eigenvalue weighted by Gasteiger charge is -2.39. The summed E-state index contributed by atoms with van der Waals surface area (Å²) in [4.78, 5) is 50.0. The summed E-state index contributed by atoms with van der Waals surface area (Å²) in [6, 6.07) is -1.28. The molecule has 0 aromatic heterocycles. The number of hydrogen-bond acceptors (Lipinski definition) is 7. The molecule has 3 saturated heterocycles. The van der Waals surface area contributed by atoms with E-state index in [1.807, 2.05) is 41.9 Å². The Labute approximate surface area is 223 Å². The summed E-state index contributed by atoms with van der Waals surface area (Å²) in [5.41, 5.74) is 0. The Hall–Kier alpha value is -1.88. The normalized spacial score (nSPS) is 36.9. The van der Waals surface area contributed by atoms with Gasteiger partial charge in [0.25, 0.3) is 0 Å². The molecule has 5 heterocycles. The lowest BCUT2D eigenvalue weighted by atomic mass is 9.74. The van der Waals surface area contributed by atoms with Crippen LogP contribution < -0.4 is 0 Å². The highest BCUT2D eigenvalue weighted by Crippen LogP contribution is 2.65. The zero-order valence-corrected chi connectivity index (χ0v) is 23.0. The van der Waals surface area contributed by atoms with E-state index in [0.717, 1.165) is 26.1 Å². The first kappa shape index (κ1) is 26.7. The maximum Gasteiger partial charge on any atom is 0.247 e. The zero-order chi connectivity index (χ0) is 26.4. The van der Waals surface area contributed by atoms with Gasteiger partial charge in [-0.05, 0) is 20.3 Å². The molecule has 3 fully saturated rings. The Bertz CT molecular complexity index is 984. The fourth-order valence-corrected chi connectivity index (χ4v) is 9.02. The fourth-order valence-electron chi connectivity index (χ4n) is 6.88. The molecular formula is C27H40N4O5S. The number of amides is 3. The number of rotatable bonds is 7. The first-order valence-electron chi connectivity index (χ1n) is 13.6. The summed E-state index contributed by atoms with van der Waals surface area (Å²) in [6.45, 7) is 11.7. The lowest BCUT2D eigenvalue weighted by molar-refractivity contribution is -0.147. The van der Waals surface area contributed by atoms with Crippen molar-refractivity contribution in [1.29, 1.82) is 0 Å². The Balaban J connectivity index is 1.52. The molecule has 1 spiro atoms. The van der Waals surface area contributed by atoms with Crippen LogP contribution in [0.2, 0.25) is 0 Å². The van der Waals surface area contributed by atoms with Crippen LogP contribution in [0.3, 0.4) is 0 Å². The van der Waals surface area contributed by atoms with Crippen molar-refractivity contribution in [2.75, 3.05) is 65.6 Å². The topological polar surface area (TPSA) is 93.6 Å². The SMILES string of the molecule is CCCN1CC=C[C@@]2(C)S[C@]34C=CCN(CCN5CCOCC5)C(=O)C3N([C@H](C)CO)C(=O)[C@@H]4[C@H]2C1=O. The van der Waals surface area contributed by atoms with Crippen molar-refractivity contribution in [3.8, 4) is 0 Å². The van der Waals surface area contributed by atoms with E-state index in [1.165, 1.54) is 0 Å². The second-order valence-electron chi connectivity index (χ2n) is 11.1. The first-order chi connectivity index (χ1) is 17.8. The number of carbonyl (C=O) groups excluding carboxylic acids is 3. The van der Waals surface area contributed by atoms with Crippen LogP contribution >= 0.6 is 11.8 Å². The molecule has 0 radical (unpaired) electrons. The number of morpholine rings is 1. The molecule has 1 N–H and O–H groups in total. The molecule has 9 nitrogen and oxygen atoms in total. The van der Waals surface area contributed by atoms with Crippen LogP contribution in [0.15, 0.2) is 24.3 Å². The molecule has 37 heavy (non-hydrogen) atoms. The Kier molecular flexibility index (Phi) is 7.48. The molecule has 0 saturated carbocycles. The van der Waals surface area contributed by atoms with Gasteiger partial charge in [0.2, 0.25) is 17.7 Å².